The lowest BCUT2D eigenvalue weighted by atomic mass is 10.0. The van der Waals surface area contributed by atoms with Crippen molar-refractivity contribution in [3.8, 4) is 11.5 Å². The number of para-hydroxylation sites is 1. The van der Waals surface area contributed by atoms with Crippen LogP contribution in [0.2, 0.25) is 0 Å². The molecule has 5 rings (SSSR count). The first kappa shape index (κ1) is 19.3. The van der Waals surface area contributed by atoms with Crippen molar-refractivity contribution in [1.82, 2.24) is 4.90 Å². The smallest absolute Gasteiger partial charge is 0.237 e. The van der Waals surface area contributed by atoms with Crippen LogP contribution in [0.4, 0.5) is 5.69 Å². The molecule has 0 saturated carbocycles. The van der Waals surface area contributed by atoms with E-state index in [2.05, 4.69) is 0 Å². The van der Waals surface area contributed by atoms with Crippen LogP contribution in [0.3, 0.4) is 0 Å². The van der Waals surface area contributed by atoms with Crippen LogP contribution in [0.5, 0.6) is 11.5 Å². The summed E-state index contributed by atoms with van der Waals surface area (Å²) in [5.74, 6) is 2.11. The predicted molar refractivity (Wildman–Crippen MR) is 115 cm³/mol. The van der Waals surface area contributed by atoms with Gasteiger partial charge in [0.25, 0.3) is 0 Å². The molecule has 3 heterocycles. The molecule has 2 aromatic carbocycles. The number of ether oxygens (including phenoxy) is 2. The summed E-state index contributed by atoms with van der Waals surface area (Å²) in [5.41, 5.74) is 2.00. The zero-order chi connectivity index (χ0) is 20.5. The van der Waals surface area contributed by atoms with Gasteiger partial charge in [-0.2, -0.15) is 0 Å². The van der Waals surface area contributed by atoms with Crippen LogP contribution in [-0.4, -0.2) is 48.8 Å². The minimum atomic E-state index is 0.0493. The van der Waals surface area contributed by atoms with Crippen molar-refractivity contribution in [2.24, 2.45) is 0 Å². The highest BCUT2D eigenvalue weighted by molar-refractivity contribution is 8.00. The maximum absolute atomic E-state index is 13.1. The summed E-state index contributed by atoms with van der Waals surface area (Å²) in [6.45, 7) is 2.28. The number of hydrogen-bond donors (Lipinski definition) is 0. The van der Waals surface area contributed by atoms with Crippen molar-refractivity contribution in [1.29, 1.82) is 0 Å². The molecule has 30 heavy (non-hydrogen) atoms. The fourth-order valence-corrected chi connectivity index (χ4v) is 5.36. The molecule has 2 aromatic rings. The summed E-state index contributed by atoms with van der Waals surface area (Å²) in [7, 11) is 0. The molecule has 3 aliphatic rings. The molecule has 0 radical (unpaired) electrons. The Balaban J connectivity index is 1.29. The van der Waals surface area contributed by atoms with E-state index in [0.717, 1.165) is 47.0 Å². The van der Waals surface area contributed by atoms with Gasteiger partial charge >= 0.3 is 0 Å². The van der Waals surface area contributed by atoms with Crippen LogP contribution in [0.1, 0.15) is 30.9 Å². The normalized spacial score (nSPS) is 20.3. The molecule has 0 spiro atoms. The fraction of sp³-hybridized carbons (Fsp3) is 0.391. The predicted octanol–water partition coefficient (Wildman–Crippen LogP) is 3.65. The molecule has 6 nitrogen and oxygen atoms in total. The maximum atomic E-state index is 13.1. The Morgan fingerprint density at radius 2 is 1.93 bits per heavy atom. The van der Waals surface area contributed by atoms with Crippen molar-refractivity contribution >= 4 is 29.3 Å². The SMILES string of the molecule is O=C1CSc2ccccc2N1CCC(=O)N1CCC[C@H]1c1ccc2c(c1)OCCO2. The molecular formula is C23H24N2O4S. The number of fused-ring (bicyclic) bond motifs is 2. The highest BCUT2D eigenvalue weighted by Gasteiger charge is 2.32. The van der Waals surface area contributed by atoms with Gasteiger partial charge in [0.15, 0.2) is 11.5 Å². The molecule has 0 unspecified atom stereocenters. The van der Waals surface area contributed by atoms with E-state index in [1.54, 1.807) is 16.7 Å². The Morgan fingerprint density at radius 1 is 1.10 bits per heavy atom. The fourth-order valence-electron chi connectivity index (χ4n) is 4.43. The molecule has 0 bridgehead atoms. The summed E-state index contributed by atoms with van der Waals surface area (Å²) in [4.78, 5) is 30.4. The van der Waals surface area contributed by atoms with E-state index in [1.165, 1.54) is 0 Å². The number of amides is 2. The number of hydrogen-bond acceptors (Lipinski definition) is 5. The Morgan fingerprint density at radius 3 is 2.83 bits per heavy atom. The Bertz CT molecular complexity index is 979. The molecule has 1 atom stereocenters. The van der Waals surface area contributed by atoms with E-state index in [0.29, 0.717) is 31.9 Å². The second kappa shape index (κ2) is 8.22. The van der Waals surface area contributed by atoms with Gasteiger partial charge < -0.3 is 19.3 Å². The molecule has 2 amide bonds. The van der Waals surface area contributed by atoms with E-state index in [-0.39, 0.29) is 17.9 Å². The van der Waals surface area contributed by atoms with Gasteiger partial charge in [-0.15, -0.1) is 11.8 Å². The zero-order valence-electron chi connectivity index (χ0n) is 16.7. The lowest BCUT2D eigenvalue weighted by Crippen LogP contribution is -2.39. The number of likely N-dealkylation sites (tertiary alicyclic amines) is 1. The number of thioether (sulfide) groups is 1. The van der Waals surface area contributed by atoms with E-state index in [9.17, 15) is 9.59 Å². The summed E-state index contributed by atoms with van der Waals surface area (Å²) in [6, 6.07) is 13.9. The summed E-state index contributed by atoms with van der Waals surface area (Å²) >= 11 is 1.56. The lowest BCUT2D eigenvalue weighted by molar-refractivity contribution is -0.132. The quantitative estimate of drug-likeness (QED) is 0.750. The molecule has 156 valence electrons. The Kier molecular flexibility index (Phi) is 5.29. The van der Waals surface area contributed by atoms with E-state index in [4.69, 9.17) is 9.47 Å². The minimum absolute atomic E-state index is 0.0493. The molecule has 0 aliphatic carbocycles. The van der Waals surface area contributed by atoms with Crippen molar-refractivity contribution < 1.29 is 19.1 Å². The second-order valence-electron chi connectivity index (χ2n) is 7.70. The first-order valence-electron chi connectivity index (χ1n) is 10.4. The number of carbonyl (C=O) groups excluding carboxylic acids is 2. The van der Waals surface area contributed by atoms with Gasteiger partial charge in [0.05, 0.1) is 17.5 Å². The van der Waals surface area contributed by atoms with E-state index in [1.807, 2.05) is 47.4 Å². The highest BCUT2D eigenvalue weighted by atomic mass is 32.2. The summed E-state index contributed by atoms with van der Waals surface area (Å²) in [6.07, 6.45) is 2.24. The summed E-state index contributed by atoms with van der Waals surface area (Å²) < 4.78 is 11.3. The molecular weight excluding hydrogens is 400 g/mol. The largest absolute Gasteiger partial charge is 0.486 e. The topological polar surface area (TPSA) is 59.1 Å². The van der Waals surface area contributed by atoms with Crippen LogP contribution in [0.25, 0.3) is 0 Å². The molecule has 3 aliphatic heterocycles. The minimum Gasteiger partial charge on any atom is -0.486 e. The van der Waals surface area contributed by atoms with Gasteiger partial charge in [-0.25, -0.2) is 0 Å². The van der Waals surface area contributed by atoms with Crippen molar-refractivity contribution in [2.45, 2.75) is 30.2 Å². The van der Waals surface area contributed by atoms with Crippen molar-refractivity contribution in [2.75, 3.05) is 37.0 Å². The van der Waals surface area contributed by atoms with Gasteiger partial charge in [0.1, 0.15) is 13.2 Å². The first-order valence-corrected chi connectivity index (χ1v) is 11.4. The number of carbonyl (C=O) groups is 2. The molecule has 7 heteroatoms. The first-order chi connectivity index (χ1) is 14.7. The third-order valence-corrected chi connectivity index (χ3v) is 6.93. The van der Waals surface area contributed by atoms with Gasteiger partial charge in [-0.3, -0.25) is 9.59 Å². The monoisotopic (exact) mass is 424 g/mol. The van der Waals surface area contributed by atoms with Crippen molar-refractivity contribution in [3.63, 3.8) is 0 Å². The van der Waals surface area contributed by atoms with Crippen LogP contribution in [-0.2, 0) is 9.59 Å². The maximum Gasteiger partial charge on any atom is 0.237 e. The standard InChI is InChI=1S/C23H24N2O4S/c26-22(9-11-25-18-4-1-2-6-21(18)30-15-23(25)27)24-10-3-5-17(24)16-7-8-19-20(14-16)29-13-12-28-19/h1-2,4,6-8,14,17H,3,5,9-13,15H2/t17-/m0/s1. The Labute approximate surface area is 180 Å². The van der Waals surface area contributed by atoms with Gasteiger partial charge in [-0.05, 0) is 42.7 Å². The van der Waals surface area contributed by atoms with Crippen LogP contribution in [0.15, 0.2) is 47.4 Å². The Hall–Kier alpha value is -2.67. The molecule has 1 fully saturated rings. The van der Waals surface area contributed by atoms with Gasteiger partial charge in [-0.1, -0.05) is 18.2 Å². The second-order valence-corrected chi connectivity index (χ2v) is 8.72. The van der Waals surface area contributed by atoms with Crippen LogP contribution >= 0.6 is 11.8 Å². The van der Waals surface area contributed by atoms with Gasteiger partial charge in [0, 0.05) is 24.4 Å². The average Bonchev–Trinajstić information content (AvgIpc) is 3.28. The lowest BCUT2D eigenvalue weighted by Gasteiger charge is -2.30. The third-order valence-electron chi connectivity index (χ3n) is 5.88. The highest BCUT2D eigenvalue weighted by Crippen LogP contribution is 2.39. The van der Waals surface area contributed by atoms with Crippen LogP contribution < -0.4 is 14.4 Å². The number of rotatable bonds is 4. The zero-order valence-corrected chi connectivity index (χ0v) is 17.5. The number of nitrogens with zero attached hydrogens (tertiary/aromatic N) is 2. The average molecular weight is 425 g/mol. The molecule has 1 saturated heterocycles. The summed E-state index contributed by atoms with van der Waals surface area (Å²) in [5, 5.41) is 0. The molecule has 0 N–H and O–H groups in total. The van der Waals surface area contributed by atoms with Crippen LogP contribution in [0, 0.1) is 0 Å². The van der Waals surface area contributed by atoms with Crippen molar-refractivity contribution in [3.05, 3.63) is 48.0 Å². The molecule has 0 aromatic heterocycles. The number of anilines is 1. The van der Waals surface area contributed by atoms with Gasteiger partial charge in [0.2, 0.25) is 11.8 Å². The van der Waals surface area contributed by atoms with E-state index < -0.39 is 0 Å². The van der Waals surface area contributed by atoms with E-state index >= 15 is 0 Å². The third kappa shape index (κ3) is 3.62. The number of benzene rings is 2.